The summed E-state index contributed by atoms with van der Waals surface area (Å²) in [5, 5.41) is 13.6. The van der Waals surface area contributed by atoms with Crippen molar-refractivity contribution >= 4 is 0 Å². The van der Waals surface area contributed by atoms with E-state index in [2.05, 4.69) is 17.1 Å². The number of rotatable bonds is 3. The van der Waals surface area contributed by atoms with Gasteiger partial charge in [0, 0.05) is 32.2 Å². The topological polar surface area (TPSA) is 35.2 Å². The first-order chi connectivity index (χ1) is 5.34. The maximum atomic E-state index is 10.3. The monoisotopic (exact) mass is 157 g/mol. The molecular weight excluding hydrogens is 140 g/mol. The van der Waals surface area contributed by atoms with E-state index in [-0.39, 0.29) is 6.61 Å². The zero-order chi connectivity index (χ0) is 8.10. The number of nitrogens with zero attached hydrogens (tertiary/aromatic N) is 1. The van der Waals surface area contributed by atoms with Crippen molar-refractivity contribution in [1.29, 1.82) is 0 Å². The van der Waals surface area contributed by atoms with Gasteiger partial charge in [0.2, 0.25) is 0 Å². The molecule has 0 saturated carbocycles. The van der Waals surface area contributed by atoms with Crippen molar-refractivity contribution in [2.24, 2.45) is 0 Å². The summed E-state index contributed by atoms with van der Waals surface area (Å²) in [6.45, 7) is 6.54. The fraction of sp³-hybridized carbons (Fsp3) is 1.00. The van der Waals surface area contributed by atoms with Crippen molar-refractivity contribution in [3.8, 4) is 0 Å². The fourth-order valence-corrected chi connectivity index (χ4v) is 1.48. The highest BCUT2D eigenvalue weighted by molar-refractivity contribution is 4.72. The summed E-state index contributed by atoms with van der Waals surface area (Å²) in [4.78, 5) is 2.38. The highest BCUT2D eigenvalue weighted by Crippen LogP contribution is 2.03. The van der Waals surface area contributed by atoms with Crippen molar-refractivity contribution in [1.82, 2.24) is 10.2 Å². The van der Waals surface area contributed by atoms with Gasteiger partial charge in [-0.2, -0.15) is 0 Å². The summed E-state index contributed by atoms with van der Waals surface area (Å²) in [7, 11) is 0. The van der Waals surface area contributed by atoms with E-state index in [9.17, 15) is 5.11 Å². The summed E-state index contributed by atoms with van der Waals surface area (Å²) in [6, 6.07) is 0.481. The molecule has 0 aromatic rings. The lowest BCUT2D eigenvalue weighted by Gasteiger charge is -2.32. The van der Waals surface area contributed by atoms with Gasteiger partial charge in [-0.3, -0.25) is 4.90 Å². The summed E-state index contributed by atoms with van der Waals surface area (Å²) in [6.07, 6.45) is 0.792. The van der Waals surface area contributed by atoms with Gasteiger partial charge in [-0.25, -0.2) is 5.11 Å². The summed E-state index contributed by atoms with van der Waals surface area (Å²) < 4.78 is 0. The molecule has 11 heavy (non-hydrogen) atoms. The van der Waals surface area contributed by atoms with E-state index in [0.717, 1.165) is 32.6 Å². The van der Waals surface area contributed by atoms with Crippen LogP contribution in [0.1, 0.15) is 13.3 Å². The van der Waals surface area contributed by atoms with Gasteiger partial charge >= 0.3 is 0 Å². The number of hydrogen-bond donors (Lipinski definition) is 1. The van der Waals surface area contributed by atoms with Gasteiger partial charge in [0.1, 0.15) is 0 Å². The highest BCUT2D eigenvalue weighted by atomic mass is 16.3. The third kappa shape index (κ3) is 2.77. The molecule has 0 aromatic heterocycles. The lowest BCUT2D eigenvalue weighted by molar-refractivity contribution is 0.123. The fourth-order valence-electron chi connectivity index (χ4n) is 1.48. The molecule has 1 aliphatic rings. The third-order valence-corrected chi connectivity index (χ3v) is 2.31. The predicted molar refractivity (Wildman–Crippen MR) is 44.1 cm³/mol. The van der Waals surface area contributed by atoms with Crippen LogP contribution in [0, 0.1) is 0 Å². The van der Waals surface area contributed by atoms with Crippen molar-refractivity contribution in [3.63, 3.8) is 0 Å². The molecule has 3 nitrogen and oxygen atoms in total. The molecule has 1 saturated heterocycles. The highest BCUT2D eigenvalue weighted by Gasteiger charge is 2.15. The Morgan fingerprint density at radius 3 is 2.64 bits per heavy atom. The molecule has 1 aliphatic heterocycles. The van der Waals surface area contributed by atoms with Crippen molar-refractivity contribution in [2.75, 3.05) is 32.8 Å². The molecular formula is C8H17N2O. The van der Waals surface area contributed by atoms with Crippen LogP contribution in [0.25, 0.3) is 0 Å². The van der Waals surface area contributed by atoms with Crippen molar-refractivity contribution in [2.45, 2.75) is 19.4 Å². The second-order valence-corrected chi connectivity index (χ2v) is 3.13. The van der Waals surface area contributed by atoms with E-state index in [1.165, 1.54) is 0 Å². The standard InChI is InChI=1S/C8H17N2O/c1-8(2-7-11)10-5-3-9-4-6-10/h8-9H,2-7H2,1H3. The van der Waals surface area contributed by atoms with E-state index < -0.39 is 0 Å². The smallest absolute Gasteiger partial charge is 0.0837 e. The van der Waals surface area contributed by atoms with Gasteiger partial charge in [-0.1, -0.05) is 0 Å². The van der Waals surface area contributed by atoms with Gasteiger partial charge < -0.3 is 5.32 Å². The minimum atomic E-state index is 0.0606. The molecule has 0 bridgehead atoms. The molecule has 65 valence electrons. The van der Waals surface area contributed by atoms with Gasteiger partial charge in [0.05, 0.1) is 6.61 Å². The maximum Gasteiger partial charge on any atom is 0.0837 e. The largest absolute Gasteiger partial charge is 0.314 e. The lowest BCUT2D eigenvalue weighted by atomic mass is 10.2. The first-order valence-corrected chi connectivity index (χ1v) is 4.37. The molecule has 0 amide bonds. The Kier molecular flexibility index (Phi) is 3.83. The Morgan fingerprint density at radius 1 is 1.45 bits per heavy atom. The van der Waals surface area contributed by atoms with Gasteiger partial charge in [-0.15, -0.1) is 0 Å². The van der Waals surface area contributed by atoms with E-state index in [4.69, 9.17) is 0 Å². The van der Waals surface area contributed by atoms with Crippen LogP contribution in [0.5, 0.6) is 0 Å². The van der Waals surface area contributed by atoms with E-state index in [1.807, 2.05) is 0 Å². The van der Waals surface area contributed by atoms with Gasteiger partial charge in [-0.05, 0) is 13.3 Å². The van der Waals surface area contributed by atoms with E-state index >= 15 is 0 Å². The summed E-state index contributed by atoms with van der Waals surface area (Å²) in [5.74, 6) is 0. The minimum Gasteiger partial charge on any atom is -0.314 e. The Balaban J connectivity index is 2.21. The molecule has 1 rings (SSSR count). The van der Waals surface area contributed by atoms with Crippen LogP contribution in [-0.4, -0.2) is 43.7 Å². The van der Waals surface area contributed by atoms with Crippen LogP contribution in [0.15, 0.2) is 0 Å². The summed E-state index contributed by atoms with van der Waals surface area (Å²) in [5.41, 5.74) is 0. The quantitative estimate of drug-likeness (QED) is 0.630. The predicted octanol–water partition coefficient (Wildman–Crippen LogP) is 0.101. The van der Waals surface area contributed by atoms with Crippen LogP contribution in [0.2, 0.25) is 0 Å². The van der Waals surface area contributed by atoms with Gasteiger partial charge in [0.15, 0.2) is 0 Å². The second kappa shape index (κ2) is 4.70. The normalized spacial score (nSPS) is 23.5. The SMILES string of the molecule is CC(CC[O])N1CCNCC1. The Labute approximate surface area is 68.4 Å². The van der Waals surface area contributed by atoms with Crippen molar-refractivity contribution in [3.05, 3.63) is 0 Å². The van der Waals surface area contributed by atoms with Crippen LogP contribution in [0.3, 0.4) is 0 Å². The maximum absolute atomic E-state index is 10.3. The zero-order valence-corrected chi connectivity index (χ0v) is 7.18. The molecule has 1 atom stereocenters. The molecule has 3 heteroatoms. The van der Waals surface area contributed by atoms with Crippen LogP contribution in [-0.2, 0) is 5.11 Å². The molecule has 1 fully saturated rings. The Bertz CT molecular complexity index is 102. The first kappa shape index (κ1) is 8.97. The molecule has 1 radical (unpaired) electrons. The Hall–Kier alpha value is -0.120. The molecule has 0 aliphatic carbocycles. The number of hydrogen-bond acceptors (Lipinski definition) is 2. The molecule has 1 unspecified atom stereocenters. The average Bonchev–Trinajstić information content (AvgIpc) is 2.07. The first-order valence-electron chi connectivity index (χ1n) is 4.37. The average molecular weight is 157 g/mol. The van der Waals surface area contributed by atoms with E-state index in [0.29, 0.717) is 6.04 Å². The Morgan fingerprint density at radius 2 is 2.09 bits per heavy atom. The third-order valence-electron chi connectivity index (χ3n) is 2.31. The van der Waals surface area contributed by atoms with Crippen molar-refractivity contribution < 1.29 is 5.11 Å². The molecule has 1 heterocycles. The molecule has 1 N–H and O–H groups in total. The number of nitrogens with one attached hydrogen (secondary N) is 1. The lowest BCUT2D eigenvalue weighted by Crippen LogP contribution is -2.47. The van der Waals surface area contributed by atoms with Gasteiger partial charge in [0.25, 0.3) is 0 Å². The minimum absolute atomic E-state index is 0.0606. The second-order valence-electron chi connectivity index (χ2n) is 3.13. The van der Waals surface area contributed by atoms with E-state index in [1.54, 1.807) is 0 Å². The van der Waals surface area contributed by atoms with Crippen LogP contribution in [0.4, 0.5) is 0 Å². The van der Waals surface area contributed by atoms with Crippen LogP contribution < -0.4 is 5.32 Å². The number of piperazine rings is 1. The molecule has 0 spiro atoms. The zero-order valence-electron chi connectivity index (χ0n) is 7.18. The molecule has 0 aromatic carbocycles. The van der Waals surface area contributed by atoms with Crippen LogP contribution >= 0.6 is 0 Å². The summed E-state index contributed by atoms with van der Waals surface area (Å²) >= 11 is 0.